The van der Waals surface area contributed by atoms with Crippen LogP contribution in [0.1, 0.15) is 16.2 Å². The number of hydrogen-bond donors (Lipinski definition) is 1. The predicted octanol–water partition coefficient (Wildman–Crippen LogP) is 1.65. The van der Waals surface area contributed by atoms with Gasteiger partial charge in [-0.2, -0.15) is 0 Å². The largest absolute Gasteiger partial charge is 0.478 e. The Labute approximate surface area is 114 Å². The molecule has 0 aromatic carbocycles. The Kier molecular flexibility index (Phi) is 2.87. The smallest absolute Gasteiger partial charge is 0.337 e. The molecule has 0 atom stereocenters. The first kappa shape index (κ1) is 12.0. The van der Waals surface area contributed by atoms with Gasteiger partial charge in [-0.25, -0.2) is 14.8 Å². The number of carbonyl (C=O) groups is 1. The molecule has 19 heavy (non-hydrogen) atoms. The maximum Gasteiger partial charge on any atom is 0.337 e. The highest BCUT2D eigenvalue weighted by atomic mass is 35.5. The summed E-state index contributed by atoms with van der Waals surface area (Å²) in [6, 6.07) is 1.40. The van der Waals surface area contributed by atoms with E-state index in [1.165, 1.54) is 12.3 Å². The Morgan fingerprint density at radius 1 is 1.32 bits per heavy atom. The minimum Gasteiger partial charge on any atom is -0.478 e. The van der Waals surface area contributed by atoms with Crippen LogP contribution in [0.4, 0.5) is 5.82 Å². The number of aromatic carboxylic acids is 1. The van der Waals surface area contributed by atoms with Gasteiger partial charge in [0.2, 0.25) is 0 Å². The Morgan fingerprint density at radius 3 is 2.95 bits per heavy atom. The Hall–Kier alpha value is -2.08. The van der Waals surface area contributed by atoms with E-state index in [9.17, 15) is 4.79 Å². The van der Waals surface area contributed by atoms with Crippen LogP contribution in [-0.2, 0) is 13.1 Å². The van der Waals surface area contributed by atoms with Crippen LogP contribution < -0.4 is 4.90 Å². The van der Waals surface area contributed by atoms with E-state index in [0.717, 1.165) is 18.9 Å². The van der Waals surface area contributed by atoms with E-state index in [2.05, 4.69) is 14.5 Å². The second kappa shape index (κ2) is 4.55. The summed E-state index contributed by atoms with van der Waals surface area (Å²) in [7, 11) is 0. The number of hydrogen-bond acceptors (Lipinski definition) is 4. The SMILES string of the molecule is O=C(O)c1ccnc(N2CCn3ccnc3C2)c1Cl. The van der Waals surface area contributed by atoms with Crippen molar-refractivity contribution in [3.8, 4) is 0 Å². The van der Waals surface area contributed by atoms with E-state index in [4.69, 9.17) is 16.7 Å². The minimum absolute atomic E-state index is 0.0700. The highest BCUT2D eigenvalue weighted by Crippen LogP contribution is 2.29. The van der Waals surface area contributed by atoms with Crippen LogP contribution in [-0.4, -0.2) is 32.2 Å². The zero-order chi connectivity index (χ0) is 13.4. The lowest BCUT2D eigenvalue weighted by atomic mass is 10.2. The fraction of sp³-hybridized carbons (Fsp3) is 0.250. The van der Waals surface area contributed by atoms with Crippen molar-refractivity contribution >= 4 is 23.4 Å². The van der Waals surface area contributed by atoms with Crippen LogP contribution in [0.25, 0.3) is 0 Å². The molecule has 2 aromatic heterocycles. The van der Waals surface area contributed by atoms with Gasteiger partial charge in [-0.15, -0.1) is 0 Å². The molecule has 0 amide bonds. The molecule has 3 heterocycles. The van der Waals surface area contributed by atoms with Gasteiger partial charge in [0.25, 0.3) is 0 Å². The lowest BCUT2D eigenvalue weighted by Crippen LogP contribution is -2.34. The average Bonchev–Trinajstić information content (AvgIpc) is 2.85. The third kappa shape index (κ3) is 2.04. The maximum atomic E-state index is 11.1. The van der Waals surface area contributed by atoms with Gasteiger partial charge < -0.3 is 14.6 Å². The summed E-state index contributed by atoms with van der Waals surface area (Å²) in [5.74, 6) is 0.368. The summed E-state index contributed by atoms with van der Waals surface area (Å²) >= 11 is 6.13. The Balaban J connectivity index is 1.96. The normalized spacial score (nSPS) is 14.3. The molecular formula is C12H11ClN4O2. The number of halogens is 1. The monoisotopic (exact) mass is 278 g/mol. The van der Waals surface area contributed by atoms with Gasteiger partial charge in [-0.1, -0.05) is 11.6 Å². The van der Waals surface area contributed by atoms with E-state index >= 15 is 0 Å². The van der Waals surface area contributed by atoms with Gasteiger partial charge in [0.1, 0.15) is 11.6 Å². The van der Waals surface area contributed by atoms with Crippen LogP contribution in [0.5, 0.6) is 0 Å². The van der Waals surface area contributed by atoms with E-state index in [-0.39, 0.29) is 10.6 Å². The summed E-state index contributed by atoms with van der Waals surface area (Å²) in [6.45, 7) is 2.08. The highest BCUT2D eigenvalue weighted by molar-refractivity contribution is 6.35. The molecular weight excluding hydrogens is 268 g/mol. The summed E-state index contributed by atoms with van der Waals surface area (Å²) in [5, 5.41) is 9.24. The van der Waals surface area contributed by atoms with Crippen LogP contribution in [0, 0.1) is 0 Å². The number of aromatic nitrogens is 3. The van der Waals surface area contributed by atoms with Gasteiger partial charge in [0.05, 0.1) is 17.1 Å². The molecule has 6 nitrogen and oxygen atoms in total. The van der Waals surface area contributed by atoms with Crippen molar-refractivity contribution < 1.29 is 9.90 Å². The molecule has 3 rings (SSSR count). The van der Waals surface area contributed by atoms with E-state index in [1.807, 2.05) is 11.1 Å². The number of rotatable bonds is 2. The number of pyridine rings is 1. The summed E-state index contributed by atoms with van der Waals surface area (Å²) in [4.78, 5) is 21.5. The molecule has 0 fully saturated rings. The second-order valence-corrected chi connectivity index (χ2v) is 4.64. The lowest BCUT2D eigenvalue weighted by Gasteiger charge is -2.29. The molecule has 0 spiro atoms. The van der Waals surface area contributed by atoms with Crippen molar-refractivity contribution in [3.05, 3.63) is 41.1 Å². The highest BCUT2D eigenvalue weighted by Gasteiger charge is 2.22. The zero-order valence-corrected chi connectivity index (χ0v) is 10.7. The second-order valence-electron chi connectivity index (χ2n) is 4.26. The van der Waals surface area contributed by atoms with Crippen molar-refractivity contribution in [2.24, 2.45) is 0 Å². The molecule has 0 radical (unpaired) electrons. The molecule has 0 bridgehead atoms. The lowest BCUT2D eigenvalue weighted by molar-refractivity contribution is 0.0697. The van der Waals surface area contributed by atoms with E-state index in [1.54, 1.807) is 6.20 Å². The Bertz CT molecular complexity index is 640. The number of nitrogens with zero attached hydrogens (tertiary/aromatic N) is 4. The molecule has 0 saturated heterocycles. The van der Waals surface area contributed by atoms with E-state index < -0.39 is 5.97 Å². The summed E-state index contributed by atoms with van der Waals surface area (Å²) in [5.41, 5.74) is 0.0700. The predicted molar refractivity (Wildman–Crippen MR) is 69.5 cm³/mol. The third-order valence-electron chi connectivity index (χ3n) is 3.15. The van der Waals surface area contributed by atoms with Crippen molar-refractivity contribution in [3.63, 3.8) is 0 Å². The number of carboxylic acid groups (broad SMARTS) is 1. The number of carboxylic acids is 1. The molecule has 1 aliphatic heterocycles. The van der Waals surface area contributed by atoms with Crippen LogP contribution >= 0.6 is 11.6 Å². The number of imidazole rings is 1. The first-order valence-corrected chi connectivity index (χ1v) is 6.17. The van der Waals surface area contributed by atoms with Crippen LogP contribution in [0.2, 0.25) is 5.02 Å². The van der Waals surface area contributed by atoms with E-state index in [0.29, 0.717) is 12.4 Å². The molecule has 0 saturated carbocycles. The molecule has 98 valence electrons. The summed E-state index contributed by atoms with van der Waals surface area (Å²) < 4.78 is 2.06. The standard InChI is InChI=1S/C12H11ClN4O2/c13-10-8(12(18)19)1-2-15-11(10)17-6-5-16-4-3-14-9(16)7-17/h1-4H,5-7H2,(H,18,19). The third-order valence-corrected chi connectivity index (χ3v) is 3.52. The quantitative estimate of drug-likeness (QED) is 0.904. The molecule has 1 aliphatic rings. The van der Waals surface area contributed by atoms with Gasteiger partial charge >= 0.3 is 5.97 Å². The topological polar surface area (TPSA) is 71.2 Å². The van der Waals surface area contributed by atoms with Crippen molar-refractivity contribution in [1.29, 1.82) is 0 Å². The number of anilines is 1. The fourth-order valence-electron chi connectivity index (χ4n) is 2.17. The van der Waals surface area contributed by atoms with Crippen LogP contribution in [0.3, 0.4) is 0 Å². The Morgan fingerprint density at radius 2 is 2.16 bits per heavy atom. The maximum absolute atomic E-state index is 11.1. The van der Waals surface area contributed by atoms with Gasteiger partial charge in [-0.3, -0.25) is 0 Å². The van der Waals surface area contributed by atoms with Crippen molar-refractivity contribution in [1.82, 2.24) is 14.5 Å². The zero-order valence-electron chi connectivity index (χ0n) is 9.95. The molecule has 7 heteroatoms. The molecule has 0 unspecified atom stereocenters. The minimum atomic E-state index is -1.05. The van der Waals surface area contributed by atoms with Crippen LogP contribution in [0.15, 0.2) is 24.7 Å². The first-order valence-electron chi connectivity index (χ1n) is 5.79. The molecule has 1 N–H and O–H groups in total. The van der Waals surface area contributed by atoms with Gasteiger partial charge in [0, 0.05) is 31.7 Å². The van der Waals surface area contributed by atoms with Crippen molar-refractivity contribution in [2.45, 2.75) is 13.1 Å². The van der Waals surface area contributed by atoms with Gasteiger partial charge in [-0.05, 0) is 6.07 Å². The average molecular weight is 279 g/mol. The summed E-state index contributed by atoms with van der Waals surface area (Å²) in [6.07, 6.45) is 5.14. The van der Waals surface area contributed by atoms with Crippen molar-refractivity contribution in [2.75, 3.05) is 11.4 Å². The fourth-order valence-corrected chi connectivity index (χ4v) is 2.48. The van der Waals surface area contributed by atoms with Gasteiger partial charge in [0.15, 0.2) is 0 Å². The first-order chi connectivity index (χ1) is 9.16. The molecule has 2 aromatic rings. The molecule has 0 aliphatic carbocycles. The number of fused-ring (bicyclic) bond motifs is 1.